The van der Waals surface area contributed by atoms with Crippen LogP contribution in [0.15, 0.2) is 71.6 Å². The Bertz CT molecular complexity index is 1430. The van der Waals surface area contributed by atoms with Gasteiger partial charge < -0.3 is 16.0 Å². The second kappa shape index (κ2) is 8.27. The van der Waals surface area contributed by atoms with Gasteiger partial charge in [-0.15, -0.1) is 0 Å². The van der Waals surface area contributed by atoms with Gasteiger partial charge in [0, 0.05) is 12.8 Å². The lowest BCUT2D eigenvalue weighted by Crippen LogP contribution is -2.23. The number of hydrogen-bond donors (Lipinski definition) is 3. The molecule has 0 spiro atoms. The zero-order valence-electron chi connectivity index (χ0n) is 17.1. The number of carbonyl (C=O) groups excluding carboxylic acids is 2. The van der Waals surface area contributed by atoms with Crippen molar-refractivity contribution in [3.8, 4) is 11.1 Å². The predicted octanol–water partition coefficient (Wildman–Crippen LogP) is 2.66. The molecular formula is C23H20N4O4S. The summed E-state index contributed by atoms with van der Waals surface area (Å²) in [5, 5.41) is 2.82. The molecule has 9 heteroatoms. The molecule has 162 valence electrons. The van der Waals surface area contributed by atoms with Crippen LogP contribution in [0.1, 0.15) is 26.5 Å². The molecule has 0 atom stereocenters. The Kier molecular flexibility index (Phi) is 5.50. The number of carbonyl (C=O) groups is 2. The average Bonchev–Trinajstić information content (AvgIpc) is 3.22. The van der Waals surface area contributed by atoms with Gasteiger partial charge in [0.1, 0.15) is 5.52 Å². The van der Waals surface area contributed by atoms with Crippen LogP contribution in [-0.4, -0.2) is 36.5 Å². The molecule has 0 aliphatic carbocycles. The van der Waals surface area contributed by atoms with E-state index in [1.54, 1.807) is 18.2 Å². The zero-order valence-corrected chi connectivity index (χ0v) is 17.9. The van der Waals surface area contributed by atoms with Gasteiger partial charge in [0.05, 0.1) is 16.0 Å². The highest BCUT2D eigenvalue weighted by Gasteiger charge is 2.18. The summed E-state index contributed by atoms with van der Waals surface area (Å²) in [5.74, 6) is -1.14. The number of aromatic amines is 1. The van der Waals surface area contributed by atoms with Crippen LogP contribution in [0.2, 0.25) is 0 Å². The summed E-state index contributed by atoms with van der Waals surface area (Å²) in [7, 11) is -3.29. The third kappa shape index (κ3) is 4.37. The number of hydrogen-bond acceptors (Lipinski definition) is 5. The normalized spacial score (nSPS) is 11.4. The number of imidazole rings is 1. The number of aromatic nitrogens is 2. The van der Waals surface area contributed by atoms with E-state index in [4.69, 9.17) is 5.73 Å². The van der Waals surface area contributed by atoms with Crippen LogP contribution >= 0.6 is 0 Å². The monoisotopic (exact) mass is 448 g/mol. The second-order valence-corrected chi connectivity index (χ2v) is 9.35. The topological polar surface area (TPSA) is 135 Å². The lowest BCUT2D eigenvalue weighted by Gasteiger charge is -2.09. The maximum absolute atomic E-state index is 13.0. The van der Waals surface area contributed by atoms with E-state index < -0.39 is 15.7 Å². The van der Waals surface area contributed by atoms with E-state index >= 15 is 0 Å². The molecule has 4 aromatic rings. The summed E-state index contributed by atoms with van der Waals surface area (Å²) in [4.78, 5) is 31.9. The van der Waals surface area contributed by atoms with Crippen molar-refractivity contribution >= 4 is 32.7 Å². The Hall–Kier alpha value is -3.98. The summed E-state index contributed by atoms with van der Waals surface area (Å²) in [6.07, 6.45) is 1.14. The first-order valence-electron chi connectivity index (χ1n) is 9.68. The Morgan fingerprint density at radius 1 is 1.00 bits per heavy atom. The van der Waals surface area contributed by atoms with Gasteiger partial charge in [-0.3, -0.25) is 9.59 Å². The smallest absolute Gasteiger partial charge is 0.284 e. The number of nitrogens with two attached hydrogens (primary N) is 1. The van der Waals surface area contributed by atoms with Crippen molar-refractivity contribution in [3.63, 3.8) is 0 Å². The minimum absolute atomic E-state index is 0.0318. The Morgan fingerprint density at radius 3 is 2.31 bits per heavy atom. The fraction of sp³-hybridized carbons (Fsp3) is 0.0870. The summed E-state index contributed by atoms with van der Waals surface area (Å²) in [5.41, 5.74) is 8.91. The molecule has 3 aromatic carbocycles. The summed E-state index contributed by atoms with van der Waals surface area (Å²) in [6.45, 7) is 0.188. The van der Waals surface area contributed by atoms with Crippen molar-refractivity contribution in [2.45, 2.75) is 11.4 Å². The summed E-state index contributed by atoms with van der Waals surface area (Å²) in [6, 6.07) is 19.3. The minimum atomic E-state index is -3.29. The Balaban J connectivity index is 1.67. The maximum Gasteiger partial charge on any atom is 0.284 e. The SMILES string of the molecule is CS(=O)(=O)c1ccc(CNC(=O)c2cc(-c3ccccc3)cc3[nH]c(C(N)=O)nc23)cc1. The number of nitrogens with zero attached hydrogens (tertiary/aromatic N) is 1. The second-order valence-electron chi connectivity index (χ2n) is 7.33. The van der Waals surface area contributed by atoms with E-state index in [9.17, 15) is 18.0 Å². The molecule has 0 aliphatic rings. The van der Waals surface area contributed by atoms with Gasteiger partial charge in [-0.2, -0.15) is 0 Å². The average molecular weight is 449 g/mol. The largest absolute Gasteiger partial charge is 0.363 e. The van der Waals surface area contributed by atoms with E-state index in [1.165, 1.54) is 12.1 Å². The minimum Gasteiger partial charge on any atom is -0.363 e. The molecule has 1 heterocycles. The quantitative estimate of drug-likeness (QED) is 0.417. The van der Waals surface area contributed by atoms with Gasteiger partial charge in [-0.25, -0.2) is 13.4 Å². The molecule has 0 aliphatic heterocycles. The number of benzene rings is 3. The fourth-order valence-electron chi connectivity index (χ4n) is 3.34. The van der Waals surface area contributed by atoms with E-state index in [2.05, 4.69) is 15.3 Å². The van der Waals surface area contributed by atoms with E-state index in [1.807, 2.05) is 36.4 Å². The van der Waals surface area contributed by atoms with Gasteiger partial charge in [0.25, 0.3) is 11.8 Å². The highest BCUT2D eigenvalue weighted by Crippen LogP contribution is 2.27. The van der Waals surface area contributed by atoms with Crippen LogP contribution in [0.3, 0.4) is 0 Å². The number of amides is 2. The third-order valence-corrected chi connectivity index (χ3v) is 6.10. The van der Waals surface area contributed by atoms with Gasteiger partial charge >= 0.3 is 0 Å². The van der Waals surface area contributed by atoms with Crippen LogP contribution in [0.25, 0.3) is 22.2 Å². The fourth-order valence-corrected chi connectivity index (χ4v) is 3.97. The molecular weight excluding hydrogens is 428 g/mol. The predicted molar refractivity (Wildman–Crippen MR) is 121 cm³/mol. The molecule has 0 unspecified atom stereocenters. The molecule has 0 saturated carbocycles. The van der Waals surface area contributed by atoms with Gasteiger partial charge in [0.2, 0.25) is 0 Å². The van der Waals surface area contributed by atoms with E-state index in [0.29, 0.717) is 11.0 Å². The zero-order chi connectivity index (χ0) is 22.9. The van der Waals surface area contributed by atoms with Crippen molar-refractivity contribution in [2.24, 2.45) is 5.73 Å². The molecule has 0 fully saturated rings. The number of sulfone groups is 1. The van der Waals surface area contributed by atoms with Crippen molar-refractivity contribution in [2.75, 3.05) is 6.26 Å². The van der Waals surface area contributed by atoms with E-state index in [-0.39, 0.29) is 28.7 Å². The first-order chi connectivity index (χ1) is 15.2. The number of fused-ring (bicyclic) bond motifs is 1. The van der Waals surface area contributed by atoms with Crippen LogP contribution < -0.4 is 11.1 Å². The molecule has 1 aromatic heterocycles. The highest BCUT2D eigenvalue weighted by atomic mass is 32.2. The van der Waals surface area contributed by atoms with Gasteiger partial charge in [-0.1, -0.05) is 42.5 Å². The summed E-state index contributed by atoms with van der Waals surface area (Å²) >= 11 is 0. The molecule has 4 rings (SSSR count). The molecule has 4 N–H and O–H groups in total. The number of nitrogens with one attached hydrogen (secondary N) is 2. The third-order valence-electron chi connectivity index (χ3n) is 4.98. The summed E-state index contributed by atoms with van der Waals surface area (Å²) < 4.78 is 23.2. The number of rotatable bonds is 6. The van der Waals surface area contributed by atoms with Crippen molar-refractivity contribution in [1.29, 1.82) is 0 Å². The molecule has 0 bridgehead atoms. The maximum atomic E-state index is 13.0. The lowest BCUT2D eigenvalue weighted by atomic mass is 10.0. The van der Waals surface area contributed by atoms with Crippen LogP contribution in [-0.2, 0) is 16.4 Å². The first kappa shape index (κ1) is 21.3. The Morgan fingerprint density at radius 2 is 1.69 bits per heavy atom. The van der Waals surface area contributed by atoms with Crippen LogP contribution in [0.4, 0.5) is 0 Å². The first-order valence-corrected chi connectivity index (χ1v) is 11.6. The standard InChI is InChI=1S/C23H20N4O4S/c1-32(30,31)17-9-7-14(8-10-17)13-25-23(29)18-11-16(15-5-3-2-4-6-15)12-19-20(18)27-22(26-19)21(24)28/h2-12H,13H2,1H3,(H2,24,28)(H,25,29)(H,26,27). The molecule has 2 amide bonds. The number of primary amides is 1. The molecule has 0 saturated heterocycles. The number of H-pyrrole nitrogens is 1. The van der Waals surface area contributed by atoms with Crippen LogP contribution in [0, 0.1) is 0 Å². The van der Waals surface area contributed by atoms with Gasteiger partial charge in [-0.05, 0) is 41.0 Å². The molecule has 32 heavy (non-hydrogen) atoms. The van der Waals surface area contributed by atoms with Crippen LogP contribution in [0.5, 0.6) is 0 Å². The van der Waals surface area contributed by atoms with Crippen molar-refractivity contribution in [3.05, 3.63) is 83.7 Å². The highest BCUT2D eigenvalue weighted by molar-refractivity contribution is 7.90. The van der Waals surface area contributed by atoms with Crippen molar-refractivity contribution < 1.29 is 18.0 Å². The lowest BCUT2D eigenvalue weighted by molar-refractivity contribution is 0.0950. The molecule has 8 nitrogen and oxygen atoms in total. The molecule has 0 radical (unpaired) electrons. The van der Waals surface area contributed by atoms with Gasteiger partial charge in [0.15, 0.2) is 15.7 Å². The van der Waals surface area contributed by atoms with Crippen molar-refractivity contribution in [1.82, 2.24) is 15.3 Å². The van der Waals surface area contributed by atoms with E-state index in [0.717, 1.165) is 22.9 Å². The Labute approximate surface area is 184 Å².